The zero-order valence-corrected chi connectivity index (χ0v) is 14.2. The van der Waals surface area contributed by atoms with Crippen LogP contribution in [0.1, 0.15) is 52.9 Å². The van der Waals surface area contributed by atoms with Crippen LogP contribution in [-0.2, 0) is 9.53 Å². The van der Waals surface area contributed by atoms with E-state index in [1.165, 1.54) is 19.3 Å². The van der Waals surface area contributed by atoms with Crippen LogP contribution < -0.4 is 5.32 Å². The standard InChI is InChI=1S/C15H28N2O2.C2H6/c1-13-3-2-4-14(6-5-13)15(18)16-7-8-17-9-11-19-12-10-17;1-2/h13-14H,2-12H2,1H3,(H,16,18);1-2H3. The van der Waals surface area contributed by atoms with E-state index in [1.54, 1.807) is 0 Å². The molecule has 1 saturated carbocycles. The van der Waals surface area contributed by atoms with Crippen molar-refractivity contribution in [3.63, 3.8) is 0 Å². The van der Waals surface area contributed by atoms with Gasteiger partial charge >= 0.3 is 0 Å². The van der Waals surface area contributed by atoms with Crippen molar-refractivity contribution in [2.24, 2.45) is 11.8 Å². The summed E-state index contributed by atoms with van der Waals surface area (Å²) in [6.45, 7) is 11.7. The Morgan fingerprint density at radius 2 is 1.86 bits per heavy atom. The van der Waals surface area contributed by atoms with Crippen molar-refractivity contribution in [1.82, 2.24) is 10.2 Å². The summed E-state index contributed by atoms with van der Waals surface area (Å²) in [4.78, 5) is 14.5. The normalized spacial score (nSPS) is 27.2. The molecule has 124 valence electrons. The number of ether oxygens (including phenoxy) is 1. The average molecular weight is 298 g/mol. The Balaban J connectivity index is 0.00000106. The van der Waals surface area contributed by atoms with Crippen LogP contribution in [0.5, 0.6) is 0 Å². The Bertz CT molecular complexity index is 278. The molecular weight excluding hydrogens is 264 g/mol. The maximum absolute atomic E-state index is 12.1. The van der Waals surface area contributed by atoms with Gasteiger partial charge in [0.2, 0.25) is 5.91 Å². The molecule has 1 N–H and O–H groups in total. The predicted octanol–water partition coefficient (Wildman–Crippen LogP) is 2.68. The third kappa shape index (κ3) is 7.28. The lowest BCUT2D eigenvalue weighted by Gasteiger charge is -2.26. The summed E-state index contributed by atoms with van der Waals surface area (Å²) in [6.07, 6.45) is 5.86. The van der Waals surface area contributed by atoms with Gasteiger partial charge in [0.05, 0.1) is 13.2 Å². The molecule has 2 rings (SSSR count). The van der Waals surface area contributed by atoms with Crippen molar-refractivity contribution in [2.75, 3.05) is 39.4 Å². The van der Waals surface area contributed by atoms with Crippen LogP contribution in [0.2, 0.25) is 0 Å². The quantitative estimate of drug-likeness (QED) is 0.811. The molecule has 1 heterocycles. The number of rotatable bonds is 4. The molecule has 1 amide bonds. The maximum Gasteiger partial charge on any atom is 0.223 e. The number of hydrogen-bond acceptors (Lipinski definition) is 3. The van der Waals surface area contributed by atoms with Crippen LogP contribution in [0.3, 0.4) is 0 Å². The highest BCUT2D eigenvalue weighted by atomic mass is 16.5. The first-order chi connectivity index (χ1) is 10.3. The predicted molar refractivity (Wildman–Crippen MR) is 87.4 cm³/mol. The van der Waals surface area contributed by atoms with Crippen molar-refractivity contribution in [1.29, 1.82) is 0 Å². The molecule has 2 aliphatic rings. The topological polar surface area (TPSA) is 41.6 Å². The highest BCUT2D eigenvalue weighted by Gasteiger charge is 2.22. The van der Waals surface area contributed by atoms with E-state index >= 15 is 0 Å². The fraction of sp³-hybridized carbons (Fsp3) is 0.941. The number of nitrogens with zero attached hydrogens (tertiary/aromatic N) is 1. The molecule has 1 aliphatic heterocycles. The summed E-state index contributed by atoms with van der Waals surface area (Å²) in [6, 6.07) is 0. The lowest BCUT2D eigenvalue weighted by molar-refractivity contribution is -0.125. The maximum atomic E-state index is 12.1. The minimum absolute atomic E-state index is 0.259. The highest BCUT2D eigenvalue weighted by molar-refractivity contribution is 5.78. The third-order valence-electron chi connectivity index (χ3n) is 4.46. The van der Waals surface area contributed by atoms with E-state index in [0.717, 1.165) is 58.2 Å². The van der Waals surface area contributed by atoms with Gasteiger partial charge in [0.1, 0.15) is 0 Å². The Morgan fingerprint density at radius 1 is 1.14 bits per heavy atom. The zero-order chi connectivity index (χ0) is 15.5. The number of amides is 1. The van der Waals surface area contributed by atoms with E-state index in [-0.39, 0.29) is 11.8 Å². The summed E-state index contributed by atoms with van der Waals surface area (Å²) < 4.78 is 5.32. The van der Waals surface area contributed by atoms with Gasteiger partial charge in [-0.05, 0) is 25.2 Å². The molecule has 0 aromatic rings. The van der Waals surface area contributed by atoms with Crippen LogP contribution in [0, 0.1) is 11.8 Å². The minimum Gasteiger partial charge on any atom is -0.379 e. The molecule has 21 heavy (non-hydrogen) atoms. The average Bonchev–Trinajstić information content (AvgIpc) is 2.75. The molecule has 2 unspecified atom stereocenters. The fourth-order valence-corrected chi connectivity index (χ4v) is 3.06. The molecule has 0 aromatic carbocycles. The number of carbonyl (C=O) groups is 1. The van der Waals surface area contributed by atoms with Gasteiger partial charge < -0.3 is 10.1 Å². The van der Waals surface area contributed by atoms with E-state index in [4.69, 9.17) is 4.74 Å². The number of carbonyl (C=O) groups excluding carboxylic acids is 1. The van der Waals surface area contributed by atoms with Crippen LogP contribution in [0.15, 0.2) is 0 Å². The summed E-state index contributed by atoms with van der Waals surface area (Å²) in [5, 5.41) is 3.12. The molecule has 2 atom stereocenters. The van der Waals surface area contributed by atoms with Crippen LogP contribution >= 0.6 is 0 Å². The smallest absolute Gasteiger partial charge is 0.223 e. The van der Waals surface area contributed by atoms with E-state index < -0.39 is 0 Å². The number of hydrogen-bond donors (Lipinski definition) is 1. The Morgan fingerprint density at radius 3 is 2.57 bits per heavy atom. The lowest BCUT2D eigenvalue weighted by atomic mass is 9.98. The first-order valence-electron chi connectivity index (χ1n) is 8.83. The molecular formula is C17H34N2O2. The van der Waals surface area contributed by atoms with Gasteiger partial charge in [0.25, 0.3) is 0 Å². The Hall–Kier alpha value is -0.610. The van der Waals surface area contributed by atoms with Gasteiger partial charge in [0, 0.05) is 32.1 Å². The monoisotopic (exact) mass is 298 g/mol. The van der Waals surface area contributed by atoms with Crippen molar-refractivity contribution in [3.05, 3.63) is 0 Å². The van der Waals surface area contributed by atoms with Crippen LogP contribution in [-0.4, -0.2) is 50.2 Å². The second-order valence-corrected chi connectivity index (χ2v) is 6.06. The van der Waals surface area contributed by atoms with Crippen molar-refractivity contribution in [2.45, 2.75) is 52.9 Å². The second kappa shape index (κ2) is 11.0. The van der Waals surface area contributed by atoms with Crippen molar-refractivity contribution < 1.29 is 9.53 Å². The van der Waals surface area contributed by atoms with E-state index in [2.05, 4.69) is 17.1 Å². The lowest BCUT2D eigenvalue weighted by Crippen LogP contribution is -2.42. The first kappa shape index (κ1) is 18.4. The van der Waals surface area contributed by atoms with Gasteiger partial charge in [-0.1, -0.05) is 33.6 Å². The largest absolute Gasteiger partial charge is 0.379 e. The summed E-state index contributed by atoms with van der Waals surface area (Å²) >= 11 is 0. The number of nitrogens with one attached hydrogen (secondary N) is 1. The van der Waals surface area contributed by atoms with Crippen LogP contribution in [0.4, 0.5) is 0 Å². The molecule has 1 saturated heterocycles. The summed E-state index contributed by atoms with van der Waals surface area (Å²) in [5.41, 5.74) is 0. The molecule has 0 spiro atoms. The first-order valence-corrected chi connectivity index (χ1v) is 8.83. The number of morpholine rings is 1. The second-order valence-electron chi connectivity index (χ2n) is 6.06. The highest BCUT2D eigenvalue weighted by Crippen LogP contribution is 2.26. The molecule has 1 aliphatic carbocycles. The zero-order valence-electron chi connectivity index (χ0n) is 14.2. The van der Waals surface area contributed by atoms with E-state index in [1.807, 2.05) is 13.8 Å². The van der Waals surface area contributed by atoms with Gasteiger partial charge in [0.15, 0.2) is 0 Å². The van der Waals surface area contributed by atoms with Crippen LogP contribution in [0.25, 0.3) is 0 Å². The SMILES string of the molecule is CC.CC1CCCC(C(=O)NCCN2CCOCC2)CC1. The third-order valence-corrected chi connectivity index (χ3v) is 4.46. The van der Waals surface area contributed by atoms with E-state index in [0.29, 0.717) is 0 Å². The minimum atomic E-state index is 0.259. The molecule has 4 heteroatoms. The van der Waals surface area contributed by atoms with Crippen molar-refractivity contribution in [3.8, 4) is 0 Å². The molecule has 0 aromatic heterocycles. The Labute approximate surface area is 130 Å². The van der Waals surface area contributed by atoms with Crippen molar-refractivity contribution >= 4 is 5.91 Å². The Kier molecular flexibility index (Phi) is 9.68. The summed E-state index contributed by atoms with van der Waals surface area (Å²) in [7, 11) is 0. The van der Waals surface area contributed by atoms with Gasteiger partial charge in [-0.15, -0.1) is 0 Å². The summed E-state index contributed by atoms with van der Waals surface area (Å²) in [5.74, 6) is 1.34. The van der Waals surface area contributed by atoms with Gasteiger partial charge in [-0.2, -0.15) is 0 Å². The molecule has 0 radical (unpaired) electrons. The fourth-order valence-electron chi connectivity index (χ4n) is 3.06. The van der Waals surface area contributed by atoms with E-state index in [9.17, 15) is 4.79 Å². The van der Waals surface area contributed by atoms with Gasteiger partial charge in [-0.3, -0.25) is 9.69 Å². The molecule has 2 fully saturated rings. The van der Waals surface area contributed by atoms with Gasteiger partial charge in [-0.25, -0.2) is 0 Å². The molecule has 4 nitrogen and oxygen atoms in total. The molecule has 0 bridgehead atoms.